The summed E-state index contributed by atoms with van der Waals surface area (Å²) in [6, 6.07) is 12.2. The Kier molecular flexibility index (Phi) is 4.57. The molecule has 0 aliphatic heterocycles. The van der Waals surface area contributed by atoms with Gasteiger partial charge in [-0.05, 0) is 18.9 Å². The molecule has 3 rings (SSSR count). The molecule has 23 heavy (non-hydrogen) atoms. The van der Waals surface area contributed by atoms with Crippen LogP contribution >= 0.6 is 0 Å². The predicted molar refractivity (Wildman–Crippen MR) is 88.8 cm³/mol. The second kappa shape index (κ2) is 6.79. The summed E-state index contributed by atoms with van der Waals surface area (Å²) in [5, 5.41) is 17.1. The molecule has 1 aromatic carbocycles. The summed E-state index contributed by atoms with van der Waals surface area (Å²) in [5.74, 6) is -1.00. The van der Waals surface area contributed by atoms with Gasteiger partial charge >= 0.3 is 5.97 Å². The lowest BCUT2D eigenvalue weighted by Gasteiger charge is -2.22. The third kappa shape index (κ3) is 3.68. The standard InChI is InChI=1S/C18H21N3O2/c1-21-16(11-17(20-21)13-6-3-2-4-7-13)12-19-15-9-5-8-14(10-15)18(22)23/h2-7,9,11,14-15,19H,8,10,12H2,1H3,(H,22,23)/t14-,15-/m0/s1. The van der Waals surface area contributed by atoms with Crippen molar-refractivity contribution in [2.24, 2.45) is 13.0 Å². The lowest BCUT2D eigenvalue weighted by Crippen LogP contribution is -2.33. The topological polar surface area (TPSA) is 67.2 Å². The fourth-order valence-corrected chi connectivity index (χ4v) is 2.90. The van der Waals surface area contributed by atoms with Crippen LogP contribution in [0, 0.1) is 5.92 Å². The number of hydrogen-bond acceptors (Lipinski definition) is 3. The van der Waals surface area contributed by atoms with Crippen molar-refractivity contribution in [2.45, 2.75) is 25.4 Å². The third-order valence-electron chi connectivity index (χ3n) is 4.27. The van der Waals surface area contributed by atoms with Gasteiger partial charge in [0, 0.05) is 25.2 Å². The van der Waals surface area contributed by atoms with E-state index in [0.29, 0.717) is 19.4 Å². The van der Waals surface area contributed by atoms with Crippen molar-refractivity contribution >= 4 is 5.97 Å². The number of carboxylic acids is 1. The minimum atomic E-state index is -0.715. The minimum Gasteiger partial charge on any atom is -0.481 e. The summed E-state index contributed by atoms with van der Waals surface area (Å²) in [5.41, 5.74) is 3.13. The molecule has 1 aromatic heterocycles. The zero-order valence-corrected chi connectivity index (χ0v) is 13.1. The Morgan fingerprint density at radius 1 is 1.39 bits per heavy atom. The highest BCUT2D eigenvalue weighted by Crippen LogP contribution is 2.21. The van der Waals surface area contributed by atoms with Gasteiger partial charge < -0.3 is 10.4 Å². The van der Waals surface area contributed by atoms with Crippen LogP contribution in [0.1, 0.15) is 18.5 Å². The molecule has 2 N–H and O–H groups in total. The SMILES string of the molecule is Cn1nc(-c2ccccc2)cc1CN[C@H]1C=CC[C@H](C(=O)O)C1. The molecule has 0 saturated carbocycles. The number of carboxylic acid groups (broad SMARTS) is 1. The molecule has 2 aromatic rings. The Labute approximate surface area is 135 Å². The number of benzene rings is 1. The number of aryl methyl sites for hydroxylation is 1. The molecule has 5 heteroatoms. The summed E-state index contributed by atoms with van der Waals surface area (Å²) in [4.78, 5) is 11.1. The molecule has 0 saturated heterocycles. The zero-order valence-electron chi connectivity index (χ0n) is 13.1. The van der Waals surface area contributed by atoms with Gasteiger partial charge in [-0.1, -0.05) is 42.5 Å². The number of hydrogen-bond donors (Lipinski definition) is 2. The van der Waals surface area contributed by atoms with Crippen molar-refractivity contribution in [1.82, 2.24) is 15.1 Å². The van der Waals surface area contributed by atoms with Crippen molar-refractivity contribution in [3.05, 3.63) is 54.2 Å². The average Bonchev–Trinajstić information content (AvgIpc) is 2.95. The van der Waals surface area contributed by atoms with E-state index in [0.717, 1.165) is 17.0 Å². The minimum absolute atomic E-state index is 0.0972. The maximum atomic E-state index is 11.1. The Balaban J connectivity index is 1.65. The van der Waals surface area contributed by atoms with Crippen molar-refractivity contribution in [1.29, 1.82) is 0 Å². The van der Waals surface area contributed by atoms with E-state index in [9.17, 15) is 4.79 Å². The fourth-order valence-electron chi connectivity index (χ4n) is 2.90. The van der Waals surface area contributed by atoms with Gasteiger partial charge in [0.2, 0.25) is 0 Å². The maximum absolute atomic E-state index is 11.1. The molecule has 1 heterocycles. The molecule has 1 aliphatic rings. The van der Waals surface area contributed by atoms with Crippen LogP contribution in [0.4, 0.5) is 0 Å². The van der Waals surface area contributed by atoms with Crippen LogP contribution in [0.25, 0.3) is 11.3 Å². The van der Waals surface area contributed by atoms with Crippen LogP contribution in [-0.2, 0) is 18.4 Å². The number of rotatable bonds is 5. The molecule has 0 spiro atoms. The van der Waals surface area contributed by atoms with Crippen LogP contribution in [0.15, 0.2) is 48.6 Å². The second-order valence-corrected chi connectivity index (χ2v) is 5.93. The maximum Gasteiger partial charge on any atom is 0.306 e. The normalized spacial score (nSPS) is 20.6. The molecule has 120 valence electrons. The number of carbonyl (C=O) groups is 1. The Bertz CT molecular complexity index is 706. The number of nitrogens with one attached hydrogen (secondary N) is 1. The Hall–Kier alpha value is -2.40. The number of allylic oxidation sites excluding steroid dienone is 1. The lowest BCUT2D eigenvalue weighted by atomic mass is 9.91. The molecule has 5 nitrogen and oxygen atoms in total. The Morgan fingerprint density at radius 3 is 2.91 bits per heavy atom. The molecule has 0 fully saturated rings. The van der Waals surface area contributed by atoms with E-state index in [1.807, 2.05) is 48.1 Å². The predicted octanol–water partition coefficient (Wildman–Crippen LogP) is 2.60. The molecule has 2 atom stereocenters. The van der Waals surface area contributed by atoms with E-state index in [-0.39, 0.29) is 12.0 Å². The summed E-state index contributed by atoms with van der Waals surface area (Å²) < 4.78 is 1.87. The molecule has 0 radical (unpaired) electrons. The van der Waals surface area contributed by atoms with E-state index in [2.05, 4.69) is 22.6 Å². The highest BCUT2D eigenvalue weighted by molar-refractivity contribution is 5.70. The van der Waals surface area contributed by atoms with Crippen LogP contribution in [0.2, 0.25) is 0 Å². The monoisotopic (exact) mass is 311 g/mol. The number of nitrogens with zero attached hydrogens (tertiary/aromatic N) is 2. The van der Waals surface area contributed by atoms with Crippen LogP contribution in [-0.4, -0.2) is 26.9 Å². The first kappa shape index (κ1) is 15.5. The quantitative estimate of drug-likeness (QED) is 0.833. The summed E-state index contributed by atoms with van der Waals surface area (Å²) in [6.07, 6.45) is 5.28. The van der Waals surface area contributed by atoms with Gasteiger partial charge in [-0.25, -0.2) is 0 Å². The van der Waals surface area contributed by atoms with Gasteiger partial charge in [-0.2, -0.15) is 5.10 Å². The second-order valence-electron chi connectivity index (χ2n) is 5.93. The summed E-state index contributed by atoms with van der Waals surface area (Å²) in [6.45, 7) is 0.664. The highest BCUT2D eigenvalue weighted by Gasteiger charge is 2.23. The third-order valence-corrected chi connectivity index (χ3v) is 4.27. The molecule has 1 aliphatic carbocycles. The van der Waals surface area contributed by atoms with Gasteiger partial charge in [0.25, 0.3) is 0 Å². The van der Waals surface area contributed by atoms with Crippen LogP contribution in [0.5, 0.6) is 0 Å². The van der Waals surface area contributed by atoms with Crippen molar-refractivity contribution in [2.75, 3.05) is 0 Å². The molecular weight excluding hydrogens is 290 g/mol. The van der Waals surface area contributed by atoms with Gasteiger partial charge in [-0.15, -0.1) is 0 Å². The van der Waals surface area contributed by atoms with Gasteiger partial charge in [-0.3, -0.25) is 9.48 Å². The fraction of sp³-hybridized carbons (Fsp3) is 0.333. The highest BCUT2D eigenvalue weighted by atomic mass is 16.4. The van der Waals surface area contributed by atoms with Gasteiger partial charge in [0.1, 0.15) is 0 Å². The van der Waals surface area contributed by atoms with Crippen LogP contribution in [0.3, 0.4) is 0 Å². The average molecular weight is 311 g/mol. The van der Waals surface area contributed by atoms with Crippen molar-refractivity contribution in [3.63, 3.8) is 0 Å². The van der Waals surface area contributed by atoms with Crippen molar-refractivity contribution in [3.8, 4) is 11.3 Å². The largest absolute Gasteiger partial charge is 0.481 e. The van der Waals surface area contributed by atoms with Crippen LogP contribution < -0.4 is 5.32 Å². The first-order chi connectivity index (χ1) is 11.1. The van der Waals surface area contributed by atoms with E-state index < -0.39 is 5.97 Å². The van der Waals surface area contributed by atoms with Gasteiger partial charge in [0.15, 0.2) is 0 Å². The molecule has 0 unspecified atom stereocenters. The molecular formula is C18H21N3O2. The Morgan fingerprint density at radius 2 is 2.17 bits per heavy atom. The first-order valence-electron chi connectivity index (χ1n) is 7.84. The first-order valence-corrected chi connectivity index (χ1v) is 7.84. The van der Waals surface area contributed by atoms with E-state index in [1.54, 1.807) is 0 Å². The van der Waals surface area contributed by atoms with E-state index in [4.69, 9.17) is 5.11 Å². The number of aliphatic carboxylic acids is 1. The zero-order chi connectivity index (χ0) is 16.2. The van der Waals surface area contributed by atoms with Crippen molar-refractivity contribution < 1.29 is 9.90 Å². The smallest absolute Gasteiger partial charge is 0.306 e. The van der Waals surface area contributed by atoms with Gasteiger partial charge in [0.05, 0.1) is 17.3 Å². The molecule has 0 amide bonds. The van der Waals surface area contributed by atoms with E-state index >= 15 is 0 Å². The summed E-state index contributed by atoms with van der Waals surface area (Å²) in [7, 11) is 1.93. The van der Waals surface area contributed by atoms with E-state index in [1.165, 1.54) is 0 Å². The molecule has 0 bridgehead atoms. The summed E-state index contributed by atoms with van der Waals surface area (Å²) >= 11 is 0. The number of aromatic nitrogens is 2. The lowest BCUT2D eigenvalue weighted by molar-refractivity contribution is -0.142.